The van der Waals surface area contributed by atoms with Crippen molar-refractivity contribution in [3.63, 3.8) is 0 Å². The van der Waals surface area contributed by atoms with Crippen LogP contribution in [0.15, 0.2) is 54.7 Å². The first kappa shape index (κ1) is 21.9. The Morgan fingerprint density at radius 1 is 0.938 bits per heavy atom. The fourth-order valence-electron chi connectivity index (χ4n) is 3.71. The Morgan fingerprint density at radius 3 is 2.34 bits per heavy atom. The summed E-state index contributed by atoms with van der Waals surface area (Å²) in [6.45, 7) is 1.81. The van der Waals surface area contributed by atoms with Crippen molar-refractivity contribution in [2.75, 3.05) is 10.6 Å². The molecule has 0 radical (unpaired) electrons. The van der Waals surface area contributed by atoms with Crippen LogP contribution in [-0.2, 0) is 6.18 Å². The van der Waals surface area contributed by atoms with E-state index < -0.39 is 11.7 Å². The minimum absolute atomic E-state index is 0.0648. The molecule has 8 heteroatoms. The van der Waals surface area contributed by atoms with Gasteiger partial charge < -0.3 is 15.4 Å². The topological polar surface area (TPSA) is 59.1 Å². The monoisotopic (exact) mass is 442 g/mol. The van der Waals surface area contributed by atoms with E-state index in [1.165, 1.54) is 19.3 Å². The van der Waals surface area contributed by atoms with Gasteiger partial charge in [0.15, 0.2) is 0 Å². The number of ether oxygens (including phenoxy) is 1. The average Bonchev–Trinajstić information content (AvgIpc) is 2.77. The van der Waals surface area contributed by atoms with Crippen LogP contribution in [-0.4, -0.2) is 16.1 Å². The molecule has 4 rings (SSSR count). The number of alkyl halides is 3. The van der Waals surface area contributed by atoms with Crippen LogP contribution in [0.5, 0.6) is 5.75 Å². The first-order valence-electron chi connectivity index (χ1n) is 10.7. The second-order valence-corrected chi connectivity index (χ2v) is 7.92. The van der Waals surface area contributed by atoms with Crippen molar-refractivity contribution in [2.24, 2.45) is 0 Å². The maximum absolute atomic E-state index is 13.5. The molecule has 2 N–H and O–H groups in total. The number of nitrogens with zero attached hydrogens (tertiary/aromatic N) is 2. The summed E-state index contributed by atoms with van der Waals surface area (Å²) < 4.78 is 46.5. The third kappa shape index (κ3) is 5.49. The minimum Gasteiger partial charge on any atom is -0.490 e. The molecule has 3 aromatic rings. The van der Waals surface area contributed by atoms with Crippen molar-refractivity contribution in [3.8, 4) is 5.75 Å². The average molecular weight is 442 g/mol. The van der Waals surface area contributed by atoms with Crippen LogP contribution in [0.2, 0.25) is 0 Å². The Kier molecular flexibility index (Phi) is 6.48. The normalized spacial score (nSPS) is 14.8. The number of aryl methyl sites for hydroxylation is 1. The number of benzene rings is 2. The molecule has 1 saturated carbocycles. The van der Waals surface area contributed by atoms with Gasteiger partial charge in [0.25, 0.3) is 0 Å². The van der Waals surface area contributed by atoms with E-state index in [0.717, 1.165) is 30.4 Å². The molecule has 0 unspecified atom stereocenters. The summed E-state index contributed by atoms with van der Waals surface area (Å²) in [6, 6.07) is 14.4. The predicted octanol–water partition coefficient (Wildman–Crippen LogP) is 7.00. The van der Waals surface area contributed by atoms with Gasteiger partial charge in [-0.1, -0.05) is 24.6 Å². The van der Waals surface area contributed by atoms with E-state index in [9.17, 15) is 13.2 Å². The van der Waals surface area contributed by atoms with Gasteiger partial charge in [-0.25, -0.2) is 4.98 Å². The predicted molar refractivity (Wildman–Crippen MR) is 119 cm³/mol. The van der Waals surface area contributed by atoms with Crippen LogP contribution < -0.4 is 15.4 Å². The summed E-state index contributed by atoms with van der Waals surface area (Å²) in [4.78, 5) is 7.97. The number of anilines is 4. The Bertz CT molecular complexity index is 1050. The second kappa shape index (κ2) is 9.46. The third-order valence-corrected chi connectivity index (χ3v) is 5.46. The molecule has 1 aliphatic carbocycles. The van der Waals surface area contributed by atoms with Gasteiger partial charge in [-0.05, 0) is 68.5 Å². The molecule has 0 bridgehead atoms. The number of halogens is 3. The van der Waals surface area contributed by atoms with Crippen LogP contribution in [0.3, 0.4) is 0 Å². The summed E-state index contributed by atoms with van der Waals surface area (Å²) in [5.41, 5.74) is 1.08. The van der Waals surface area contributed by atoms with E-state index in [0.29, 0.717) is 11.4 Å². The van der Waals surface area contributed by atoms with Crippen molar-refractivity contribution in [2.45, 2.75) is 51.3 Å². The standard InChI is InChI=1S/C24H25F3N4O/c1-16-7-5-6-10-21(16)30-22-20(24(25,26)27)15-28-23(31-22)29-17-11-13-19(14-12-17)32-18-8-3-2-4-9-18/h5-7,10-15,18H,2-4,8-9H2,1H3,(H2,28,29,30,31). The van der Waals surface area contributed by atoms with Gasteiger partial charge in [-0.2, -0.15) is 18.2 Å². The lowest BCUT2D eigenvalue weighted by Gasteiger charge is -2.23. The van der Waals surface area contributed by atoms with Crippen molar-refractivity contribution < 1.29 is 17.9 Å². The summed E-state index contributed by atoms with van der Waals surface area (Å²) in [5.74, 6) is 0.536. The molecule has 0 amide bonds. The van der Waals surface area contributed by atoms with Gasteiger partial charge >= 0.3 is 6.18 Å². The zero-order chi connectivity index (χ0) is 22.6. The zero-order valence-electron chi connectivity index (χ0n) is 17.7. The summed E-state index contributed by atoms with van der Waals surface area (Å²) >= 11 is 0. The van der Waals surface area contributed by atoms with Gasteiger partial charge in [0.05, 0.1) is 6.10 Å². The summed E-state index contributed by atoms with van der Waals surface area (Å²) in [5, 5.41) is 5.77. The first-order chi connectivity index (χ1) is 15.4. The quantitative estimate of drug-likeness (QED) is 0.430. The van der Waals surface area contributed by atoms with Gasteiger partial charge in [0.1, 0.15) is 17.1 Å². The summed E-state index contributed by atoms with van der Waals surface area (Å²) in [7, 11) is 0. The van der Waals surface area contributed by atoms with E-state index in [2.05, 4.69) is 20.6 Å². The van der Waals surface area contributed by atoms with Gasteiger partial charge in [-0.15, -0.1) is 0 Å². The number of aromatic nitrogens is 2. The van der Waals surface area contributed by atoms with Crippen LogP contribution in [0.1, 0.15) is 43.2 Å². The minimum atomic E-state index is -4.58. The lowest BCUT2D eigenvalue weighted by molar-refractivity contribution is -0.137. The molecule has 0 atom stereocenters. The highest BCUT2D eigenvalue weighted by atomic mass is 19.4. The van der Waals surface area contributed by atoms with Crippen molar-refractivity contribution in [1.29, 1.82) is 0 Å². The number of hydrogen-bond acceptors (Lipinski definition) is 5. The fourth-order valence-corrected chi connectivity index (χ4v) is 3.71. The molecule has 5 nitrogen and oxygen atoms in total. The highest BCUT2D eigenvalue weighted by molar-refractivity contribution is 5.65. The van der Waals surface area contributed by atoms with Crippen LogP contribution in [0.25, 0.3) is 0 Å². The SMILES string of the molecule is Cc1ccccc1Nc1nc(Nc2ccc(OC3CCCCC3)cc2)ncc1C(F)(F)F. The number of rotatable bonds is 6. The molecule has 1 aliphatic rings. The lowest BCUT2D eigenvalue weighted by atomic mass is 9.98. The zero-order valence-corrected chi connectivity index (χ0v) is 17.7. The van der Waals surface area contributed by atoms with Crippen LogP contribution in [0.4, 0.5) is 36.3 Å². The molecule has 2 aromatic carbocycles. The van der Waals surface area contributed by atoms with Crippen molar-refractivity contribution in [3.05, 3.63) is 65.9 Å². The largest absolute Gasteiger partial charge is 0.490 e. The first-order valence-corrected chi connectivity index (χ1v) is 10.7. The Hall–Kier alpha value is -3.29. The maximum atomic E-state index is 13.5. The van der Waals surface area contributed by atoms with Gasteiger partial charge in [-0.3, -0.25) is 0 Å². The van der Waals surface area contributed by atoms with Crippen LogP contribution >= 0.6 is 0 Å². The molecule has 1 fully saturated rings. The third-order valence-electron chi connectivity index (χ3n) is 5.46. The smallest absolute Gasteiger partial charge is 0.421 e. The molecular formula is C24H25F3N4O. The Labute approximate surface area is 185 Å². The molecule has 0 aliphatic heterocycles. The molecule has 0 saturated heterocycles. The van der Waals surface area contributed by atoms with E-state index >= 15 is 0 Å². The lowest BCUT2D eigenvalue weighted by Crippen LogP contribution is -2.19. The maximum Gasteiger partial charge on any atom is 0.421 e. The molecule has 168 valence electrons. The second-order valence-electron chi connectivity index (χ2n) is 7.92. The van der Waals surface area contributed by atoms with E-state index in [1.807, 2.05) is 31.2 Å². The van der Waals surface area contributed by atoms with Crippen molar-refractivity contribution >= 4 is 23.1 Å². The van der Waals surface area contributed by atoms with E-state index in [1.54, 1.807) is 24.3 Å². The summed E-state index contributed by atoms with van der Waals surface area (Å²) in [6.07, 6.45) is 2.22. The number of nitrogens with one attached hydrogen (secondary N) is 2. The molecule has 0 spiro atoms. The number of para-hydroxylation sites is 1. The molecule has 32 heavy (non-hydrogen) atoms. The molecule has 1 heterocycles. The van der Waals surface area contributed by atoms with Gasteiger partial charge in [0.2, 0.25) is 5.95 Å². The molecule has 1 aromatic heterocycles. The Balaban J connectivity index is 1.51. The number of hydrogen-bond donors (Lipinski definition) is 2. The van der Waals surface area contributed by atoms with Crippen molar-refractivity contribution in [1.82, 2.24) is 9.97 Å². The van der Waals surface area contributed by atoms with Gasteiger partial charge in [0, 0.05) is 17.6 Å². The van der Waals surface area contributed by atoms with E-state index in [-0.39, 0.29) is 17.9 Å². The highest BCUT2D eigenvalue weighted by Crippen LogP contribution is 2.36. The van der Waals surface area contributed by atoms with Crippen LogP contribution in [0, 0.1) is 6.92 Å². The fraction of sp³-hybridized carbons (Fsp3) is 0.333. The highest BCUT2D eigenvalue weighted by Gasteiger charge is 2.35. The van der Waals surface area contributed by atoms with E-state index in [4.69, 9.17) is 4.74 Å². The molecular weight excluding hydrogens is 417 g/mol. The Morgan fingerprint density at radius 2 is 1.66 bits per heavy atom.